The summed E-state index contributed by atoms with van der Waals surface area (Å²) in [6.45, 7) is 2.20. The van der Waals surface area contributed by atoms with Gasteiger partial charge in [-0.05, 0) is 38.7 Å². The highest BCUT2D eigenvalue weighted by Crippen LogP contribution is 2.28. The van der Waals surface area contributed by atoms with Gasteiger partial charge in [-0.1, -0.05) is 12.8 Å². The first-order valence-electron chi connectivity index (χ1n) is 9.50. The fourth-order valence-electron chi connectivity index (χ4n) is 3.88. The molecule has 1 N–H and O–H groups in total. The minimum Gasteiger partial charge on any atom is -0.461 e. The van der Waals surface area contributed by atoms with Crippen LogP contribution in [0.4, 0.5) is 0 Å². The maximum Gasteiger partial charge on any atom is 0.354 e. The number of esters is 1. The Labute approximate surface area is 159 Å². The van der Waals surface area contributed by atoms with E-state index in [1.807, 2.05) is 0 Å². The number of carbonyl (C=O) groups excluding carboxylic acids is 2. The van der Waals surface area contributed by atoms with Crippen LogP contribution in [0.3, 0.4) is 0 Å². The molecule has 27 heavy (non-hydrogen) atoms. The van der Waals surface area contributed by atoms with Crippen molar-refractivity contribution in [1.29, 1.82) is 0 Å². The van der Waals surface area contributed by atoms with Gasteiger partial charge in [-0.3, -0.25) is 4.79 Å². The molecule has 1 aliphatic carbocycles. The predicted molar refractivity (Wildman–Crippen MR) is 98.7 cm³/mol. The van der Waals surface area contributed by atoms with Crippen molar-refractivity contribution in [3.63, 3.8) is 0 Å². The third-order valence-corrected chi connectivity index (χ3v) is 7.15. The maximum absolute atomic E-state index is 13.1. The summed E-state index contributed by atoms with van der Waals surface area (Å²) in [5.74, 6) is -0.789. The molecule has 0 radical (unpaired) electrons. The summed E-state index contributed by atoms with van der Waals surface area (Å²) in [5.41, 5.74) is 0.168. The van der Waals surface area contributed by atoms with Gasteiger partial charge in [0.1, 0.15) is 16.6 Å². The Morgan fingerprint density at radius 1 is 1.22 bits per heavy atom. The van der Waals surface area contributed by atoms with E-state index in [9.17, 15) is 18.0 Å². The number of rotatable bonds is 6. The van der Waals surface area contributed by atoms with Gasteiger partial charge < -0.3 is 14.6 Å². The van der Waals surface area contributed by atoms with Gasteiger partial charge in [0.05, 0.1) is 6.61 Å². The molecule has 1 saturated carbocycles. The topological polar surface area (TPSA) is 97.7 Å². The number of sulfonamides is 1. The lowest BCUT2D eigenvalue weighted by molar-refractivity contribution is -0.124. The number of nitrogens with zero attached hydrogens (tertiary/aromatic N) is 2. The zero-order chi connectivity index (χ0) is 19.6. The molecule has 1 saturated heterocycles. The highest BCUT2D eigenvalue weighted by atomic mass is 32.2. The van der Waals surface area contributed by atoms with Crippen molar-refractivity contribution in [3.8, 4) is 0 Å². The third kappa shape index (κ3) is 4.03. The molecule has 1 aromatic heterocycles. The zero-order valence-electron chi connectivity index (χ0n) is 15.8. The van der Waals surface area contributed by atoms with Crippen LogP contribution in [0.1, 0.15) is 55.9 Å². The number of amides is 1. The van der Waals surface area contributed by atoms with E-state index in [-0.39, 0.29) is 29.1 Å². The van der Waals surface area contributed by atoms with Gasteiger partial charge in [-0.25, -0.2) is 13.2 Å². The summed E-state index contributed by atoms with van der Waals surface area (Å²) in [6, 6.07) is 0.772. The second kappa shape index (κ2) is 8.02. The van der Waals surface area contributed by atoms with Crippen molar-refractivity contribution in [1.82, 2.24) is 14.2 Å². The number of carbonyl (C=O) groups is 2. The first-order chi connectivity index (χ1) is 12.8. The van der Waals surface area contributed by atoms with E-state index in [0.29, 0.717) is 19.4 Å². The van der Waals surface area contributed by atoms with Gasteiger partial charge in [-0.2, -0.15) is 4.31 Å². The minimum absolute atomic E-state index is 0.00798. The molecular formula is C18H27N3O5S. The number of hydrogen-bond acceptors (Lipinski definition) is 5. The van der Waals surface area contributed by atoms with Crippen molar-refractivity contribution in [3.05, 3.63) is 18.0 Å². The van der Waals surface area contributed by atoms with Crippen molar-refractivity contribution in [2.24, 2.45) is 7.05 Å². The molecule has 0 aromatic carbocycles. The van der Waals surface area contributed by atoms with Crippen molar-refractivity contribution < 1.29 is 22.7 Å². The zero-order valence-corrected chi connectivity index (χ0v) is 16.6. The molecule has 0 unspecified atom stereocenters. The second-order valence-corrected chi connectivity index (χ2v) is 9.05. The molecule has 8 nitrogen and oxygen atoms in total. The van der Waals surface area contributed by atoms with Crippen LogP contribution in [0.5, 0.6) is 0 Å². The fraction of sp³-hybridized carbons (Fsp3) is 0.667. The molecule has 0 spiro atoms. The standard InChI is InChI=1S/C18H27N3O5S/c1-3-26-18(23)16-11-14(12-20(16)2)27(24,25)21-10-6-9-15(21)17(22)19-13-7-4-5-8-13/h11-13,15H,3-10H2,1-2H3,(H,19,22)/t15-/m1/s1. The van der Waals surface area contributed by atoms with Crippen molar-refractivity contribution in [2.75, 3.05) is 13.2 Å². The largest absolute Gasteiger partial charge is 0.461 e. The van der Waals surface area contributed by atoms with E-state index in [1.54, 1.807) is 14.0 Å². The van der Waals surface area contributed by atoms with Crippen molar-refractivity contribution >= 4 is 21.9 Å². The van der Waals surface area contributed by atoms with Crippen LogP contribution in [0, 0.1) is 0 Å². The van der Waals surface area contributed by atoms with E-state index in [0.717, 1.165) is 25.7 Å². The molecule has 1 aromatic rings. The molecule has 9 heteroatoms. The lowest BCUT2D eigenvalue weighted by Gasteiger charge is -2.24. The Morgan fingerprint density at radius 3 is 2.59 bits per heavy atom. The van der Waals surface area contributed by atoms with E-state index in [1.165, 1.54) is 21.1 Å². The molecule has 2 fully saturated rings. The van der Waals surface area contributed by atoms with Crippen LogP contribution in [-0.2, 0) is 26.6 Å². The Hall–Kier alpha value is -1.87. The summed E-state index contributed by atoms with van der Waals surface area (Å²) in [4.78, 5) is 24.6. The molecule has 1 amide bonds. The van der Waals surface area contributed by atoms with Gasteiger partial charge in [0.2, 0.25) is 15.9 Å². The lowest BCUT2D eigenvalue weighted by atomic mass is 10.2. The van der Waals surface area contributed by atoms with Gasteiger partial charge in [0.25, 0.3) is 0 Å². The normalized spacial score (nSPS) is 21.5. The molecule has 0 bridgehead atoms. The van der Waals surface area contributed by atoms with Crippen LogP contribution in [-0.4, -0.2) is 54.4 Å². The van der Waals surface area contributed by atoms with Gasteiger partial charge in [-0.15, -0.1) is 0 Å². The minimum atomic E-state index is -3.87. The summed E-state index contributed by atoms with van der Waals surface area (Å²) in [6.07, 6.45) is 6.64. The molecule has 1 atom stereocenters. The van der Waals surface area contributed by atoms with Crippen LogP contribution >= 0.6 is 0 Å². The maximum atomic E-state index is 13.1. The van der Waals surface area contributed by atoms with E-state index in [4.69, 9.17) is 4.74 Å². The molecule has 3 rings (SSSR count). The Morgan fingerprint density at radius 2 is 1.93 bits per heavy atom. The predicted octanol–water partition coefficient (Wildman–Crippen LogP) is 1.41. The number of nitrogens with one attached hydrogen (secondary N) is 1. The number of aryl methyl sites for hydroxylation is 1. The van der Waals surface area contributed by atoms with Gasteiger partial charge >= 0.3 is 5.97 Å². The Balaban J connectivity index is 1.79. The molecule has 2 heterocycles. The van der Waals surface area contributed by atoms with Gasteiger partial charge in [0, 0.05) is 25.8 Å². The lowest BCUT2D eigenvalue weighted by Crippen LogP contribution is -2.48. The first kappa shape index (κ1) is 19.9. The average molecular weight is 397 g/mol. The van der Waals surface area contributed by atoms with E-state index in [2.05, 4.69) is 5.32 Å². The SMILES string of the molecule is CCOC(=O)c1cc(S(=O)(=O)N2CCC[C@@H]2C(=O)NC2CCCC2)cn1C. The average Bonchev–Trinajstić information content (AvgIpc) is 3.35. The smallest absolute Gasteiger partial charge is 0.354 e. The van der Waals surface area contributed by atoms with E-state index < -0.39 is 22.0 Å². The second-order valence-electron chi connectivity index (χ2n) is 7.16. The highest BCUT2D eigenvalue weighted by molar-refractivity contribution is 7.89. The summed E-state index contributed by atoms with van der Waals surface area (Å²) in [5, 5.41) is 3.00. The fourth-order valence-corrected chi connectivity index (χ4v) is 5.60. The summed E-state index contributed by atoms with van der Waals surface area (Å²) in [7, 11) is -2.28. The summed E-state index contributed by atoms with van der Waals surface area (Å²) >= 11 is 0. The van der Waals surface area contributed by atoms with E-state index >= 15 is 0 Å². The van der Waals surface area contributed by atoms with Crippen LogP contribution in [0.2, 0.25) is 0 Å². The quantitative estimate of drug-likeness (QED) is 0.732. The molecule has 150 valence electrons. The number of aromatic nitrogens is 1. The summed E-state index contributed by atoms with van der Waals surface area (Å²) < 4.78 is 33.9. The molecule has 2 aliphatic rings. The monoisotopic (exact) mass is 397 g/mol. The highest BCUT2D eigenvalue weighted by Gasteiger charge is 2.40. The Kier molecular flexibility index (Phi) is 5.90. The number of hydrogen-bond donors (Lipinski definition) is 1. The third-order valence-electron chi connectivity index (χ3n) is 5.28. The molecular weight excluding hydrogens is 370 g/mol. The van der Waals surface area contributed by atoms with Crippen LogP contribution in [0.25, 0.3) is 0 Å². The Bertz CT molecular complexity index is 811. The number of ether oxygens (including phenoxy) is 1. The van der Waals surface area contributed by atoms with Crippen molar-refractivity contribution in [2.45, 2.75) is 62.4 Å². The molecule has 1 aliphatic heterocycles. The first-order valence-corrected chi connectivity index (χ1v) is 10.9. The van der Waals surface area contributed by atoms with Crippen LogP contribution < -0.4 is 5.32 Å². The van der Waals surface area contributed by atoms with Crippen LogP contribution in [0.15, 0.2) is 17.2 Å². The van der Waals surface area contributed by atoms with Gasteiger partial charge in [0.15, 0.2) is 0 Å².